The number of ether oxygens (including phenoxy) is 1. The maximum atomic E-state index is 12.2. The molecule has 1 N–H and O–H groups in total. The highest BCUT2D eigenvalue weighted by Gasteiger charge is 2.38. The summed E-state index contributed by atoms with van der Waals surface area (Å²) in [6, 6.07) is 7.65. The first-order valence-electron chi connectivity index (χ1n) is 8.60. The average molecular weight is 430 g/mol. The largest absolute Gasteiger partial charge is 0.444 e. The summed E-state index contributed by atoms with van der Waals surface area (Å²) in [5.41, 5.74) is 0.460. The lowest BCUT2D eigenvalue weighted by Crippen LogP contribution is -2.44. The smallest absolute Gasteiger partial charge is 0.408 e. The van der Waals surface area contributed by atoms with Crippen molar-refractivity contribution in [3.05, 3.63) is 34.3 Å². The molecule has 25 heavy (non-hydrogen) atoms. The zero-order valence-electron chi connectivity index (χ0n) is 16.7. The van der Waals surface area contributed by atoms with Crippen LogP contribution in [0.1, 0.15) is 53.1 Å². The number of nitrogens with one attached hydrogen (secondary N) is 1. The van der Waals surface area contributed by atoms with E-state index in [1.807, 2.05) is 45.0 Å². The molecule has 0 aliphatic carbocycles. The van der Waals surface area contributed by atoms with Crippen molar-refractivity contribution < 1.29 is 14.0 Å². The molecule has 1 rings (SSSR count). The minimum atomic E-state index is -1.91. The molecular formula is C19H32BrNO3Si. The Morgan fingerprint density at radius 1 is 1.12 bits per heavy atom. The number of hydrogen-bond donors (Lipinski definition) is 1. The fraction of sp³-hybridized carbons (Fsp3) is 0.632. The van der Waals surface area contributed by atoms with Crippen molar-refractivity contribution in [1.29, 1.82) is 0 Å². The van der Waals surface area contributed by atoms with E-state index in [2.05, 4.69) is 55.1 Å². The van der Waals surface area contributed by atoms with Crippen molar-refractivity contribution >= 4 is 30.3 Å². The van der Waals surface area contributed by atoms with Gasteiger partial charge in [0.15, 0.2) is 8.32 Å². The van der Waals surface area contributed by atoms with Gasteiger partial charge in [-0.15, -0.1) is 0 Å². The molecule has 1 amide bonds. The highest BCUT2D eigenvalue weighted by Crippen LogP contribution is 2.37. The molecule has 0 aromatic heterocycles. The van der Waals surface area contributed by atoms with E-state index >= 15 is 0 Å². The van der Waals surface area contributed by atoms with E-state index in [1.165, 1.54) is 0 Å². The van der Waals surface area contributed by atoms with Crippen LogP contribution >= 0.6 is 15.9 Å². The first kappa shape index (κ1) is 22.2. The summed E-state index contributed by atoms with van der Waals surface area (Å²) in [5, 5.41) is 3.07. The van der Waals surface area contributed by atoms with Crippen LogP contribution in [-0.4, -0.2) is 26.6 Å². The van der Waals surface area contributed by atoms with Crippen molar-refractivity contribution in [3.63, 3.8) is 0 Å². The molecule has 0 saturated carbocycles. The van der Waals surface area contributed by atoms with E-state index in [9.17, 15) is 4.79 Å². The maximum Gasteiger partial charge on any atom is 0.408 e. The van der Waals surface area contributed by atoms with Gasteiger partial charge in [0.25, 0.3) is 0 Å². The molecular weight excluding hydrogens is 398 g/mol. The van der Waals surface area contributed by atoms with Gasteiger partial charge >= 0.3 is 6.09 Å². The van der Waals surface area contributed by atoms with Gasteiger partial charge in [0.05, 0.1) is 12.6 Å². The molecule has 0 heterocycles. The molecule has 0 saturated heterocycles. The van der Waals surface area contributed by atoms with Gasteiger partial charge in [-0.1, -0.05) is 48.8 Å². The van der Waals surface area contributed by atoms with Crippen molar-refractivity contribution in [1.82, 2.24) is 5.32 Å². The highest BCUT2D eigenvalue weighted by molar-refractivity contribution is 9.10. The second-order valence-corrected chi connectivity index (χ2v) is 14.5. The number of carbonyl (C=O) groups excluding carboxylic acids is 1. The molecule has 0 radical (unpaired) electrons. The Bertz CT molecular complexity index is 574. The zero-order valence-corrected chi connectivity index (χ0v) is 19.3. The number of halogens is 1. The number of amides is 1. The van der Waals surface area contributed by atoms with E-state index in [1.54, 1.807) is 0 Å². The van der Waals surface area contributed by atoms with Crippen LogP contribution < -0.4 is 5.32 Å². The predicted octanol–water partition coefficient (Wildman–Crippen LogP) is 6.04. The average Bonchev–Trinajstić information content (AvgIpc) is 2.41. The Labute approximate surface area is 161 Å². The molecule has 1 aromatic rings. The summed E-state index contributed by atoms with van der Waals surface area (Å²) in [7, 11) is -1.91. The van der Waals surface area contributed by atoms with Crippen molar-refractivity contribution in [2.24, 2.45) is 0 Å². The van der Waals surface area contributed by atoms with Gasteiger partial charge in [-0.05, 0) is 56.6 Å². The van der Waals surface area contributed by atoms with Crippen LogP contribution in [-0.2, 0) is 9.16 Å². The van der Waals surface area contributed by atoms with E-state index in [0.717, 1.165) is 10.0 Å². The molecule has 0 aliphatic rings. The van der Waals surface area contributed by atoms with Crippen LogP contribution in [0.15, 0.2) is 28.7 Å². The van der Waals surface area contributed by atoms with Crippen molar-refractivity contribution in [2.75, 3.05) is 6.61 Å². The Balaban J connectivity index is 2.92. The molecule has 142 valence electrons. The Morgan fingerprint density at radius 2 is 1.64 bits per heavy atom. The van der Waals surface area contributed by atoms with Crippen LogP contribution in [0.25, 0.3) is 0 Å². The Hall–Kier alpha value is -0.853. The van der Waals surface area contributed by atoms with Crippen molar-refractivity contribution in [3.8, 4) is 0 Å². The van der Waals surface area contributed by atoms with Gasteiger partial charge in [0, 0.05) is 4.47 Å². The minimum absolute atomic E-state index is 0.114. The van der Waals surface area contributed by atoms with Gasteiger partial charge in [-0.3, -0.25) is 0 Å². The van der Waals surface area contributed by atoms with Crippen LogP contribution in [0.4, 0.5) is 4.79 Å². The normalized spacial score (nSPS) is 14.1. The Morgan fingerprint density at radius 3 is 2.08 bits per heavy atom. The lowest BCUT2D eigenvalue weighted by Gasteiger charge is -2.37. The third-order valence-electron chi connectivity index (χ3n) is 4.38. The van der Waals surface area contributed by atoms with E-state index in [4.69, 9.17) is 9.16 Å². The molecule has 0 spiro atoms. The van der Waals surface area contributed by atoms with Crippen LogP contribution in [0, 0.1) is 0 Å². The lowest BCUT2D eigenvalue weighted by atomic mass is 10.1. The van der Waals surface area contributed by atoms with Crippen LogP contribution in [0.3, 0.4) is 0 Å². The van der Waals surface area contributed by atoms with E-state index in [-0.39, 0.29) is 11.1 Å². The summed E-state index contributed by atoms with van der Waals surface area (Å²) < 4.78 is 12.7. The van der Waals surface area contributed by atoms with Gasteiger partial charge in [-0.25, -0.2) is 4.79 Å². The van der Waals surface area contributed by atoms with Gasteiger partial charge in [-0.2, -0.15) is 0 Å². The third kappa shape index (κ3) is 7.50. The molecule has 0 aliphatic heterocycles. The summed E-state index contributed by atoms with van der Waals surface area (Å²) in [5.74, 6) is 0. The fourth-order valence-corrected chi connectivity index (χ4v) is 3.15. The summed E-state index contributed by atoms with van der Waals surface area (Å²) in [6.45, 7) is 17.0. The Kier molecular flexibility index (Phi) is 7.30. The quantitative estimate of drug-likeness (QED) is 0.580. The lowest BCUT2D eigenvalue weighted by molar-refractivity contribution is 0.0484. The van der Waals surface area contributed by atoms with E-state index < -0.39 is 20.0 Å². The second kappa shape index (κ2) is 8.23. The topological polar surface area (TPSA) is 47.6 Å². The number of alkyl carbamates (subject to hydrolysis) is 1. The monoisotopic (exact) mass is 429 g/mol. The van der Waals surface area contributed by atoms with Crippen molar-refractivity contribution in [2.45, 2.75) is 71.3 Å². The predicted molar refractivity (Wildman–Crippen MR) is 109 cm³/mol. The van der Waals surface area contributed by atoms with Gasteiger partial charge in [0.2, 0.25) is 0 Å². The number of hydrogen-bond acceptors (Lipinski definition) is 3. The molecule has 4 nitrogen and oxygen atoms in total. The molecule has 0 fully saturated rings. The maximum absolute atomic E-state index is 12.2. The first-order chi connectivity index (χ1) is 11.2. The zero-order chi connectivity index (χ0) is 19.5. The molecule has 0 bridgehead atoms. The van der Waals surface area contributed by atoms with Gasteiger partial charge < -0.3 is 14.5 Å². The molecule has 1 aromatic carbocycles. The standard InChI is InChI=1S/C19H32BrNO3Si/c1-18(2,3)24-17(22)21-16(14-9-11-15(20)12-10-14)13-23-25(7,8)19(4,5)6/h9-12,16H,13H2,1-8H3,(H,21,22). The summed E-state index contributed by atoms with van der Waals surface area (Å²) in [4.78, 5) is 12.2. The molecule has 1 unspecified atom stereocenters. The van der Waals surface area contributed by atoms with Crippen LogP contribution in [0.5, 0.6) is 0 Å². The minimum Gasteiger partial charge on any atom is -0.444 e. The fourth-order valence-electron chi connectivity index (χ4n) is 1.87. The SMILES string of the molecule is CC(C)(C)OC(=O)NC(CO[Si](C)(C)C(C)(C)C)c1ccc(Br)cc1. The number of benzene rings is 1. The summed E-state index contributed by atoms with van der Waals surface area (Å²) in [6.07, 6.45) is -0.431. The van der Waals surface area contributed by atoms with E-state index in [0.29, 0.717) is 6.61 Å². The first-order valence-corrected chi connectivity index (χ1v) is 12.3. The number of rotatable bonds is 5. The number of carbonyl (C=O) groups is 1. The second-order valence-electron chi connectivity index (χ2n) is 8.82. The van der Waals surface area contributed by atoms with Gasteiger partial charge in [0.1, 0.15) is 5.60 Å². The third-order valence-corrected chi connectivity index (χ3v) is 9.41. The van der Waals surface area contributed by atoms with Crippen LogP contribution in [0.2, 0.25) is 18.1 Å². The summed E-state index contributed by atoms with van der Waals surface area (Å²) >= 11 is 3.45. The molecule has 1 atom stereocenters. The molecule has 6 heteroatoms. The highest BCUT2D eigenvalue weighted by atomic mass is 79.9.